The normalized spacial score (nSPS) is 18.2. The van der Waals surface area contributed by atoms with Crippen LogP contribution in [-0.2, 0) is 13.0 Å². The summed E-state index contributed by atoms with van der Waals surface area (Å²) in [5.74, 6) is 2.29. The van der Waals surface area contributed by atoms with Crippen LogP contribution in [-0.4, -0.2) is 13.3 Å². The number of hydrogen-bond donors (Lipinski definition) is 1. The average Bonchev–Trinajstić information content (AvgIpc) is 2.93. The van der Waals surface area contributed by atoms with Gasteiger partial charge in [-0.25, -0.2) is 0 Å². The summed E-state index contributed by atoms with van der Waals surface area (Å²) in [6.07, 6.45) is 1.19. The third kappa shape index (κ3) is 2.43. The van der Waals surface area contributed by atoms with Crippen molar-refractivity contribution in [2.24, 2.45) is 0 Å². The summed E-state index contributed by atoms with van der Waals surface area (Å²) in [4.78, 5) is 0. The highest BCUT2D eigenvalue weighted by Gasteiger charge is 2.24. The Morgan fingerprint density at radius 2 is 2.10 bits per heavy atom. The molecule has 0 saturated carbocycles. The summed E-state index contributed by atoms with van der Waals surface area (Å²) in [6.45, 7) is 2.17. The Labute approximate surface area is 132 Å². The molecular weight excluding hydrogens is 330 g/mol. The Balaban J connectivity index is 1.37. The maximum Gasteiger partial charge on any atom is 0.231 e. The second-order valence-electron chi connectivity index (χ2n) is 5.54. The fourth-order valence-electron chi connectivity index (χ4n) is 3.06. The largest absolute Gasteiger partial charge is 0.454 e. The molecule has 0 amide bonds. The fraction of sp³-hybridized carbons (Fsp3) is 0.294. The van der Waals surface area contributed by atoms with Crippen LogP contribution in [0.1, 0.15) is 22.6 Å². The third-order valence-corrected chi connectivity index (χ3v) is 4.76. The van der Waals surface area contributed by atoms with Gasteiger partial charge in [0.1, 0.15) is 0 Å². The van der Waals surface area contributed by atoms with E-state index in [9.17, 15) is 0 Å². The molecule has 1 N–H and O–H groups in total. The number of hydrogen-bond acceptors (Lipinski definition) is 3. The van der Waals surface area contributed by atoms with Crippen molar-refractivity contribution in [2.45, 2.75) is 18.9 Å². The molecule has 108 valence electrons. The Bertz CT molecular complexity index is 686. The number of fused-ring (bicyclic) bond motifs is 2. The molecule has 1 unspecified atom stereocenters. The van der Waals surface area contributed by atoms with Crippen molar-refractivity contribution in [1.82, 2.24) is 5.32 Å². The topological polar surface area (TPSA) is 30.5 Å². The van der Waals surface area contributed by atoms with Crippen molar-refractivity contribution < 1.29 is 9.47 Å². The molecule has 2 aromatic rings. The van der Waals surface area contributed by atoms with Crippen molar-refractivity contribution in [3.05, 3.63) is 57.6 Å². The first-order chi connectivity index (χ1) is 10.3. The van der Waals surface area contributed by atoms with E-state index in [4.69, 9.17) is 9.47 Å². The van der Waals surface area contributed by atoms with Gasteiger partial charge in [-0.2, -0.15) is 0 Å². The lowest BCUT2D eigenvalue weighted by molar-refractivity contribution is 0.173. The first-order valence-electron chi connectivity index (χ1n) is 7.18. The zero-order valence-electron chi connectivity index (χ0n) is 11.6. The molecule has 0 spiro atoms. The van der Waals surface area contributed by atoms with Crippen LogP contribution in [0.25, 0.3) is 0 Å². The molecule has 1 atom stereocenters. The lowest BCUT2D eigenvalue weighted by atomic mass is 9.77. The van der Waals surface area contributed by atoms with Gasteiger partial charge in [0.25, 0.3) is 0 Å². The summed E-state index contributed by atoms with van der Waals surface area (Å²) in [5.41, 5.74) is 4.20. The molecule has 21 heavy (non-hydrogen) atoms. The number of rotatable bonds is 4. The van der Waals surface area contributed by atoms with E-state index in [-0.39, 0.29) is 0 Å². The predicted octanol–water partition coefficient (Wildman–Crippen LogP) is 3.61. The number of benzene rings is 2. The molecule has 0 radical (unpaired) electrons. The molecular formula is C17H16BrNO2. The molecule has 1 heterocycles. The molecule has 2 aliphatic rings. The van der Waals surface area contributed by atoms with E-state index in [1.807, 2.05) is 0 Å². The van der Waals surface area contributed by atoms with Gasteiger partial charge in [0.05, 0.1) is 4.47 Å². The van der Waals surface area contributed by atoms with E-state index in [0.29, 0.717) is 12.7 Å². The first kappa shape index (κ1) is 13.2. The van der Waals surface area contributed by atoms with Gasteiger partial charge in [-0.15, -0.1) is 0 Å². The Kier molecular flexibility index (Phi) is 3.36. The molecule has 4 rings (SSSR count). The standard InChI is InChI=1S/C17H16BrNO2/c18-15-5-11(6-16-17(15)21-10-20-16)8-19-9-13-7-12-3-1-2-4-14(12)13/h1-6,13,19H,7-10H2. The number of ether oxygens (including phenoxy) is 2. The minimum absolute atomic E-state index is 0.309. The smallest absolute Gasteiger partial charge is 0.231 e. The number of nitrogens with one attached hydrogen (secondary N) is 1. The number of halogens is 1. The average molecular weight is 346 g/mol. The van der Waals surface area contributed by atoms with Crippen molar-refractivity contribution in [1.29, 1.82) is 0 Å². The minimum atomic E-state index is 0.309. The monoisotopic (exact) mass is 345 g/mol. The molecule has 0 aromatic heterocycles. The third-order valence-electron chi connectivity index (χ3n) is 4.17. The van der Waals surface area contributed by atoms with Crippen LogP contribution in [0.2, 0.25) is 0 Å². The second kappa shape index (κ2) is 5.35. The highest BCUT2D eigenvalue weighted by atomic mass is 79.9. The Morgan fingerprint density at radius 1 is 1.19 bits per heavy atom. The minimum Gasteiger partial charge on any atom is -0.454 e. The van der Waals surface area contributed by atoms with Gasteiger partial charge in [-0.3, -0.25) is 0 Å². The lowest BCUT2D eigenvalue weighted by Gasteiger charge is -2.30. The van der Waals surface area contributed by atoms with Crippen molar-refractivity contribution >= 4 is 15.9 Å². The summed E-state index contributed by atoms with van der Waals surface area (Å²) < 4.78 is 11.8. The van der Waals surface area contributed by atoms with Crippen LogP contribution >= 0.6 is 15.9 Å². The maximum absolute atomic E-state index is 5.45. The van der Waals surface area contributed by atoms with E-state index in [2.05, 4.69) is 57.6 Å². The maximum atomic E-state index is 5.45. The van der Waals surface area contributed by atoms with Crippen LogP contribution < -0.4 is 14.8 Å². The zero-order valence-corrected chi connectivity index (χ0v) is 13.2. The molecule has 3 nitrogen and oxygen atoms in total. The van der Waals surface area contributed by atoms with E-state index in [1.165, 1.54) is 23.1 Å². The molecule has 1 aliphatic heterocycles. The van der Waals surface area contributed by atoms with Crippen LogP contribution in [0.5, 0.6) is 11.5 Å². The van der Waals surface area contributed by atoms with E-state index < -0.39 is 0 Å². The molecule has 4 heteroatoms. The van der Waals surface area contributed by atoms with Crippen LogP contribution in [0.4, 0.5) is 0 Å². The van der Waals surface area contributed by atoms with Gasteiger partial charge in [-0.1, -0.05) is 24.3 Å². The summed E-state index contributed by atoms with van der Waals surface area (Å²) >= 11 is 3.53. The van der Waals surface area contributed by atoms with Gasteiger partial charge in [0, 0.05) is 19.0 Å². The SMILES string of the molecule is Brc1cc(CNCC2Cc3ccccc32)cc2c1OCO2. The second-order valence-corrected chi connectivity index (χ2v) is 6.40. The van der Waals surface area contributed by atoms with E-state index >= 15 is 0 Å². The van der Waals surface area contributed by atoms with Gasteiger partial charge >= 0.3 is 0 Å². The molecule has 0 fully saturated rings. The van der Waals surface area contributed by atoms with E-state index in [0.717, 1.165) is 29.1 Å². The van der Waals surface area contributed by atoms with Crippen LogP contribution in [0, 0.1) is 0 Å². The first-order valence-corrected chi connectivity index (χ1v) is 7.97. The highest BCUT2D eigenvalue weighted by molar-refractivity contribution is 9.10. The van der Waals surface area contributed by atoms with Crippen molar-refractivity contribution in [3.63, 3.8) is 0 Å². The Morgan fingerprint density at radius 3 is 3.00 bits per heavy atom. The van der Waals surface area contributed by atoms with Gasteiger partial charge < -0.3 is 14.8 Å². The highest BCUT2D eigenvalue weighted by Crippen LogP contribution is 2.40. The fourth-order valence-corrected chi connectivity index (χ4v) is 3.66. The van der Waals surface area contributed by atoms with Crippen LogP contribution in [0.3, 0.4) is 0 Å². The van der Waals surface area contributed by atoms with Crippen molar-refractivity contribution in [2.75, 3.05) is 13.3 Å². The lowest BCUT2D eigenvalue weighted by Crippen LogP contribution is -2.28. The van der Waals surface area contributed by atoms with Gasteiger partial charge in [0.15, 0.2) is 11.5 Å². The molecule has 0 bridgehead atoms. The quantitative estimate of drug-likeness (QED) is 0.918. The summed E-state index contributed by atoms with van der Waals surface area (Å²) in [5, 5.41) is 3.55. The van der Waals surface area contributed by atoms with Gasteiger partial charge in [-0.05, 0) is 51.2 Å². The zero-order chi connectivity index (χ0) is 14.2. The predicted molar refractivity (Wildman–Crippen MR) is 84.9 cm³/mol. The van der Waals surface area contributed by atoms with Crippen molar-refractivity contribution in [3.8, 4) is 11.5 Å². The van der Waals surface area contributed by atoms with E-state index in [1.54, 1.807) is 0 Å². The van der Waals surface area contributed by atoms with Gasteiger partial charge in [0.2, 0.25) is 6.79 Å². The molecule has 1 aliphatic carbocycles. The molecule has 0 saturated heterocycles. The molecule has 2 aromatic carbocycles. The summed E-state index contributed by atoms with van der Waals surface area (Å²) in [6, 6.07) is 12.8. The summed E-state index contributed by atoms with van der Waals surface area (Å²) in [7, 11) is 0. The Hall–Kier alpha value is -1.52. The van der Waals surface area contributed by atoms with Crippen LogP contribution in [0.15, 0.2) is 40.9 Å².